The molecule has 0 radical (unpaired) electrons. The Morgan fingerprint density at radius 2 is 1.68 bits per heavy atom. The van der Waals surface area contributed by atoms with Crippen molar-refractivity contribution in [3.63, 3.8) is 0 Å². The molecule has 98 valence electrons. The molecule has 0 N–H and O–H groups in total. The summed E-state index contributed by atoms with van der Waals surface area (Å²) in [5.41, 5.74) is 5.29. The third-order valence-corrected chi connectivity index (χ3v) is 3.84. The normalized spacial score (nSPS) is 16.9. The summed E-state index contributed by atoms with van der Waals surface area (Å²) >= 11 is 0. The lowest BCUT2D eigenvalue weighted by atomic mass is 9.89. The second-order valence-corrected chi connectivity index (χ2v) is 4.89. The molecule has 0 fully saturated rings. The maximum atomic E-state index is 5.67. The molecule has 3 rings (SSSR count). The molecule has 0 aliphatic carbocycles. The molecule has 0 amide bonds. The van der Waals surface area contributed by atoms with Crippen molar-refractivity contribution >= 4 is 5.69 Å². The van der Waals surface area contributed by atoms with Crippen molar-refractivity contribution in [2.45, 2.75) is 13.0 Å². The summed E-state index contributed by atoms with van der Waals surface area (Å²) in [7, 11) is 2.15. The summed E-state index contributed by atoms with van der Waals surface area (Å²) in [6.45, 7) is 3.54. The van der Waals surface area contributed by atoms with Gasteiger partial charge in [0.25, 0.3) is 0 Å². The molecule has 2 nitrogen and oxygen atoms in total. The van der Waals surface area contributed by atoms with E-state index in [4.69, 9.17) is 4.74 Å². The molecule has 1 heterocycles. The number of fused-ring (bicyclic) bond motifs is 3. The molecule has 2 aromatic rings. The quantitative estimate of drug-likeness (QED) is 0.823. The second kappa shape index (κ2) is 5.06. The number of likely N-dealkylation sites (N-methyl/N-ethyl adjacent to an activating group) is 1. The van der Waals surface area contributed by atoms with Crippen LogP contribution in [-0.2, 0) is 4.74 Å². The van der Waals surface area contributed by atoms with E-state index in [0.29, 0.717) is 6.04 Å². The van der Waals surface area contributed by atoms with Crippen LogP contribution in [0.1, 0.15) is 18.5 Å². The largest absolute Gasteiger partial charge is 0.379 e. The number of rotatable bonds is 3. The molecule has 0 saturated carbocycles. The fourth-order valence-electron chi connectivity index (χ4n) is 2.85. The Morgan fingerprint density at radius 3 is 2.47 bits per heavy atom. The number of para-hydroxylation sites is 1. The molecular weight excluding hydrogens is 234 g/mol. The van der Waals surface area contributed by atoms with E-state index in [-0.39, 0.29) is 0 Å². The molecule has 0 aromatic heterocycles. The standard InChI is InChI=1S/C17H19NO/c1-3-19-12-17-15-10-5-4-8-13(15)14-9-6-7-11-16(14)18(17)2/h4-11,17H,3,12H2,1-2H3. The molecule has 0 bridgehead atoms. The van der Waals surface area contributed by atoms with Crippen LogP contribution < -0.4 is 4.90 Å². The highest BCUT2D eigenvalue weighted by molar-refractivity contribution is 5.84. The molecule has 19 heavy (non-hydrogen) atoms. The van der Waals surface area contributed by atoms with Gasteiger partial charge >= 0.3 is 0 Å². The lowest BCUT2D eigenvalue weighted by molar-refractivity contribution is 0.132. The van der Waals surface area contributed by atoms with Gasteiger partial charge in [-0.15, -0.1) is 0 Å². The van der Waals surface area contributed by atoms with Crippen molar-refractivity contribution in [1.82, 2.24) is 0 Å². The van der Waals surface area contributed by atoms with Crippen molar-refractivity contribution in [1.29, 1.82) is 0 Å². The topological polar surface area (TPSA) is 12.5 Å². The first kappa shape index (κ1) is 12.2. The number of hydrogen-bond donors (Lipinski definition) is 0. The van der Waals surface area contributed by atoms with Gasteiger partial charge in [0, 0.05) is 24.9 Å². The minimum absolute atomic E-state index is 0.297. The van der Waals surface area contributed by atoms with E-state index in [0.717, 1.165) is 13.2 Å². The Bertz CT molecular complexity index is 579. The van der Waals surface area contributed by atoms with Crippen molar-refractivity contribution in [2.24, 2.45) is 0 Å². The molecular formula is C17H19NO. The maximum absolute atomic E-state index is 5.67. The smallest absolute Gasteiger partial charge is 0.0779 e. The van der Waals surface area contributed by atoms with E-state index < -0.39 is 0 Å². The molecule has 2 aromatic carbocycles. The summed E-state index contributed by atoms with van der Waals surface area (Å²) < 4.78 is 5.67. The highest BCUT2D eigenvalue weighted by atomic mass is 16.5. The van der Waals surface area contributed by atoms with Crippen LogP contribution in [0.15, 0.2) is 48.5 Å². The van der Waals surface area contributed by atoms with E-state index in [1.54, 1.807) is 0 Å². The zero-order valence-corrected chi connectivity index (χ0v) is 11.5. The summed E-state index contributed by atoms with van der Waals surface area (Å²) in [4.78, 5) is 2.33. The van der Waals surface area contributed by atoms with Gasteiger partial charge in [0.2, 0.25) is 0 Å². The van der Waals surface area contributed by atoms with E-state index in [2.05, 4.69) is 60.5 Å². The van der Waals surface area contributed by atoms with Gasteiger partial charge in [0.05, 0.1) is 12.6 Å². The minimum atomic E-state index is 0.297. The lowest BCUT2D eigenvalue weighted by Crippen LogP contribution is -2.31. The van der Waals surface area contributed by atoms with Gasteiger partial charge in [-0.3, -0.25) is 0 Å². The molecule has 0 saturated heterocycles. The number of ether oxygens (including phenoxy) is 1. The predicted molar refractivity (Wildman–Crippen MR) is 79.5 cm³/mol. The first-order valence-electron chi connectivity index (χ1n) is 6.82. The van der Waals surface area contributed by atoms with Crippen molar-refractivity contribution < 1.29 is 4.74 Å². The van der Waals surface area contributed by atoms with E-state index in [1.807, 2.05) is 6.92 Å². The molecule has 0 spiro atoms. The number of benzene rings is 2. The third-order valence-electron chi connectivity index (χ3n) is 3.84. The highest BCUT2D eigenvalue weighted by Gasteiger charge is 2.27. The van der Waals surface area contributed by atoms with Crippen LogP contribution in [0.4, 0.5) is 5.69 Å². The first-order valence-corrected chi connectivity index (χ1v) is 6.82. The Kier molecular flexibility index (Phi) is 3.26. The zero-order valence-electron chi connectivity index (χ0n) is 11.5. The molecule has 2 heteroatoms. The van der Waals surface area contributed by atoms with Gasteiger partial charge in [-0.05, 0) is 24.1 Å². The molecule has 1 aliphatic heterocycles. The Labute approximate surface area is 114 Å². The highest BCUT2D eigenvalue weighted by Crippen LogP contribution is 2.43. The summed E-state index contributed by atoms with van der Waals surface area (Å²) in [5, 5.41) is 0. The fourth-order valence-corrected chi connectivity index (χ4v) is 2.85. The van der Waals surface area contributed by atoms with Gasteiger partial charge in [-0.25, -0.2) is 0 Å². The average molecular weight is 253 g/mol. The van der Waals surface area contributed by atoms with Gasteiger partial charge < -0.3 is 9.64 Å². The molecule has 1 aliphatic rings. The van der Waals surface area contributed by atoms with Crippen LogP contribution in [0.25, 0.3) is 11.1 Å². The van der Waals surface area contributed by atoms with Crippen LogP contribution in [0.2, 0.25) is 0 Å². The predicted octanol–water partition coefficient (Wildman–Crippen LogP) is 3.88. The monoisotopic (exact) mass is 253 g/mol. The number of nitrogens with zero attached hydrogens (tertiary/aromatic N) is 1. The minimum Gasteiger partial charge on any atom is -0.379 e. The van der Waals surface area contributed by atoms with Crippen molar-refractivity contribution in [2.75, 3.05) is 25.2 Å². The van der Waals surface area contributed by atoms with Crippen LogP contribution >= 0.6 is 0 Å². The van der Waals surface area contributed by atoms with Crippen LogP contribution in [0.5, 0.6) is 0 Å². The van der Waals surface area contributed by atoms with Gasteiger partial charge in [-0.2, -0.15) is 0 Å². The fraction of sp³-hybridized carbons (Fsp3) is 0.294. The Balaban J connectivity index is 2.12. The lowest BCUT2D eigenvalue weighted by Gasteiger charge is -2.37. The summed E-state index contributed by atoms with van der Waals surface area (Å²) in [5.74, 6) is 0. The second-order valence-electron chi connectivity index (χ2n) is 4.89. The maximum Gasteiger partial charge on any atom is 0.0779 e. The van der Waals surface area contributed by atoms with Gasteiger partial charge in [-0.1, -0.05) is 42.5 Å². The number of anilines is 1. The SMILES string of the molecule is CCOCC1c2ccccc2-c2ccccc2N1C. The van der Waals surface area contributed by atoms with E-state index in [1.165, 1.54) is 22.4 Å². The Morgan fingerprint density at radius 1 is 1.00 bits per heavy atom. The summed E-state index contributed by atoms with van der Waals surface area (Å²) in [6.07, 6.45) is 0. The van der Waals surface area contributed by atoms with Crippen molar-refractivity contribution in [3.8, 4) is 11.1 Å². The van der Waals surface area contributed by atoms with Crippen LogP contribution in [-0.4, -0.2) is 20.3 Å². The van der Waals surface area contributed by atoms with Crippen LogP contribution in [0, 0.1) is 0 Å². The number of hydrogen-bond acceptors (Lipinski definition) is 2. The summed E-state index contributed by atoms with van der Waals surface area (Å²) in [6, 6.07) is 17.5. The van der Waals surface area contributed by atoms with Crippen molar-refractivity contribution in [3.05, 3.63) is 54.1 Å². The van der Waals surface area contributed by atoms with E-state index >= 15 is 0 Å². The van der Waals surface area contributed by atoms with Gasteiger partial charge in [0.1, 0.15) is 0 Å². The van der Waals surface area contributed by atoms with Crippen LogP contribution in [0.3, 0.4) is 0 Å². The average Bonchev–Trinajstić information content (AvgIpc) is 2.47. The third kappa shape index (κ3) is 2.02. The Hall–Kier alpha value is -1.80. The van der Waals surface area contributed by atoms with E-state index in [9.17, 15) is 0 Å². The molecule has 1 unspecified atom stereocenters. The zero-order chi connectivity index (χ0) is 13.2. The molecule has 1 atom stereocenters. The first-order chi connectivity index (χ1) is 9.33. The van der Waals surface area contributed by atoms with Gasteiger partial charge in [0.15, 0.2) is 0 Å².